The Bertz CT molecular complexity index is 524. The second-order valence-corrected chi connectivity index (χ2v) is 5.21. The highest BCUT2D eigenvalue weighted by molar-refractivity contribution is 5.87. The topological polar surface area (TPSA) is 67.4 Å². The van der Waals surface area contributed by atoms with Crippen LogP contribution >= 0.6 is 0 Å². The van der Waals surface area contributed by atoms with Gasteiger partial charge in [0.25, 0.3) is 0 Å². The molecule has 0 unspecified atom stereocenters. The summed E-state index contributed by atoms with van der Waals surface area (Å²) < 4.78 is 5.42. The van der Waals surface area contributed by atoms with Gasteiger partial charge in [-0.1, -0.05) is 17.7 Å². The number of carbonyl (C=O) groups is 2. The summed E-state index contributed by atoms with van der Waals surface area (Å²) in [6.07, 6.45) is 0.421. The maximum absolute atomic E-state index is 12.2. The largest absolute Gasteiger partial charge is 0.494 e. The molecule has 0 aliphatic rings. The molecule has 5 heteroatoms. The van der Waals surface area contributed by atoms with E-state index in [-0.39, 0.29) is 11.8 Å². The Morgan fingerprint density at radius 3 is 2.64 bits per heavy atom. The van der Waals surface area contributed by atoms with Gasteiger partial charge in [-0.05, 0) is 38.0 Å². The van der Waals surface area contributed by atoms with E-state index in [0.29, 0.717) is 19.6 Å². The van der Waals surface area contributed by atoms with Gasteiger partial charge in [0.15, 0.2) is 0 Å². The first-order valence-corrected chi connectivity index (χ1v) is 7.33. The molecule has 22 heavy (non-hydrogen) atoms. The molecule has 1 atom stereocenters. The van der Waals surface area contributed by atoms with Crippen molar-refractivity contribution in [2.75, 3.05) is 6.61 Å². The molecule has 0 aliphatic heterocycles. The first-order valence-electron chi connectivity index (χ1n) is 7.33. The Hall–Kier alpha value is -2.30. The molecule has 1 aromatic carbocycles. The molecule has 0 fully saturated rings. The van der Waals surface area contributed by atoms with Crippen LogP contribution in [0.25, 0.3) is 0 Å². The standard InChI is InChI=1S/C17H24N2O3/c1-5-22-15-8-6-7-14(10-15)11-18-17(21)16(9-12(2)3)19-13(4)20/h6-8,10,16H,2,5,9,11H2,1,3-4H3,(H,18,21)(H,19,20)/t16-/m0/s1. The smallest absolute Gasteiger partial charge is 0.243 e. The first kappa shape index (κ1) is 17.8. The van der Waals surface area contributed by atoms with E-state index in [1.807, 2.05) is 38.1 Å². The van der Waals surface area contributed by atoms with Crippen LogP contribution in [0.5, 0.6) is 5.75 Å². The zero-order chi connectivity index (χ0) is 16.5. The molecule has 0 aliphatic carbocycles. The Labute approximate surface area is 131 Å². The molecule has 0 aromatic heterocycles. The number of hydrogen-bond donors (Lipinski definition) is 2. The van der Waals surface area contributed by atoms with Crippen molar-refractivity contribution < 1.29 is 14.3 Å². The van der Waals surface area contributed by atoms with Crippen LogP contribution in [0.2, 0.25) is 0 Å². The lowest BCUT2D eigenvalue weighted by molar-refractivity contribution is -0.128. The van der Waals surface area contributed by atoms with E-state index in [1.54, 1.807) is 0 Å². The van der Waals surface area contributed by atoms with E-state index in [4.69, 9.17) is 4.74 Å². The molecule has 1 aromatic rings. The van der Waals surface area contributed by atoms with Crippen molar-refractivity contribution in [3.63, 3.8) is 0 Å². The minimum atomic E-state index is -0.593. The van der Waals surface area contributed by atoms with Gasteiger partial charge in [-0.2, -0.15) is 0 Å². The van der Waals surface area contributed by atoms with Gasteiger partial charge in [0, 0.05) is 13.5 Å². The molecule has 2 N–H and O–H groups in total. The molecule has 0 radical (unpaired) electrons. The predicted octanol–water partition coefficient (Wildman–Crippen LogP) is 2.17. The summed E-state index contributed by atoms with van der Waals surface area (Å²) in [5, 5.41) is 5.47. The lowest BCUT2D eigenvalue weighted by Crippen LogP contribution is -2.45. The van der Waals surface area contributed by atoms with Crippen LogP contribution in [0.3, 0.4) is 0 Å². The highest BCUT2D eigenvalue weighted by Gasteiger charge is 2.19. The number of carbonyl (C=O) groups excluding carboxylic acids is 2. The normalized spacial score (nSPS) is 11.4. The molecule has 0 spiro atoms. The van der Waals surface area contributed by atoms with Gasteiger partial charge in [-0.25, -0.2) is 0 Å². The fourth-order valence-electron chi connectivity index (χ4n) is 2.03. The van der Waals surface area contributed by atoms with Crippen LogP contribution in [-0.2, 0) is 16.1 Å². The molecule has 1 rings (SSSR count). The van der Waals surface area contributed by atoms with Crippen molar-refractivity contribution >= 4 is 11.8 Å². The van der Waals surface area contributed by atoms with Gasteiger partial charge in [0.1, 0.15) is 11.8 Å². The van der Waals surface area contributed by atoms with Crippen LogP contribution < -0.4 is 15.4 Å². The fourth-order valence-corrected chi connectivity index (χ4v) is 2.03. The van der Waals surface area contributed by atoms with Crippen molar-refractivity contribution in [2.45, 2.75) is 39.8 Å². The average molecular weight is 304 g/mol. The van der Waals surface area contributed by atoms with Crippen LogP contribution in [0.4, 0.5) is 0 Å². The van der Waals surface area contributed by atoms with Crippen molar-refractivity contribution in [3.8, 4) is 5.75 Å². The summed E-state index contributed by atoms with van der Waals surface area (Å²) in [5.74, 6) is 0.314. The molecule has 0 saturated carbocycles. The molecule has 0 saturated heterocycles. The fraction of sp³-hybridized carbons (Fsp3) is 0.412. The van der Waals surface area contributed by atoms with E-state index in [9.17, 15) is 9.59 Å². The van der Waals surface area contributed by atoms with Gasteiger partial charge < -0.3 is 15.4 Å². The van der Waals surface area contributed by atoms with Gasteiger partial charge in [0.05, 0.1) is 6.61 Å². The second kappa shape index (κ2) is 8.87. The summed E-state index contributed by atoms with van der Waals surface area (Å²) in [4.78, 5) is 23.4. The Kier molecular flexibility index (Phi) is 7.16. The number of hydrogen-bond acceptors (Lipinski definition) is 3. The number of benzene rings is 1. The maximum Gasteiger partial charge on any atom is 0.243 e. The monoisotopic (exact) mass is 304 g/mol. The predicted molar refractivity (Wildman–Crippen MR) is 86.5 cm³/mol. The number of ether oxygens (including phenoxy) is 1. The van der Waals surface area contributed by atoms with Crippen LogP contribution in [-0.4, -0.2) is 24.5 Å². The minimum absolute atomic E-state index is 0.222. The van der Waals surface area contributed by atoms with E-state index in [1.165, 1.54) is 6.92 Å². The maximum atomic E-state index is 12.2. The third-order valence-corrected chi connectivity index (χ3v) is 2.92. The summed E-state index contributed by atoms with van der Waals surface area (Å²) in [5.41, 5.74) is 1.78. The molecular formula is C17H24N2O3. The van der Waals surface area contributed by atoms with Gasteiger partial charge in [-0.15, -0.1) is 6.58 Å². The summed E-state index contributed by atoms with van der Waals surface area (Å²) >= 11 is 0. The third-order valence-electron chi connectivity index (χ3n) is 2.92. The highest BCUT2D eigenvalue weighted by atomic mass is 16.5. The Morgan fingerprint density at radius 2 is 2.05 bits per heavy atom. The lowest BCUT2D eigenvalue weighted by atomic mass is 10.1. The van der Waals surface area contributed by atoms with E-state index < -0.39 is 6.04 Å². The molecule has 0 bridgehead atoms. The SMILES string of the molecule is C=C(C)C[C@H](NC(C)=O)C(=O)NCc1cccc(OCC)c1. The van der Waals surface area contributed by atoms with Gasteiger partial charge >= 0.3 is 0 Å². The van der Waals surface area contributed by atoms with Crippen molar-refractivity contribution in [1.29, 1.82) is 0 Å². The van der Waals surface area contributed by atoms with E-state index >= 15 is 0 Å². The minimum Gasteiger partial charge on any atom is -0.494 e. The summed E-state index contributed by atoms with van der Waals surface area (Å²) in [6, 6.07) is 6.96. The van der Waals surface area contributed by atoms with Crippen molar-refractivity contribution in [1.82, 2.24) is 10.6 Å². The lowest BCUT2D eigenvalue weighted by Gasteiger charge is -2.17. The van der Waals surface area contributed by atoms with E-state index in [0.717, 1.165) is 16.9 Å². The average Bonchev–Trinajstić information content (AvgIpc) is 2.44. The third kappa shape index (κ3) is 6.43. The van der Waals surface area contributed by atoms with Crippen LogP contribution in [0, 0.1) is 0 Å². The second-order valence-electron chi connectivity index (χ2n) is 5.21. The van der Waals surface area contributed by atoms with Crippen molar-refractivity contribution in [3.05, 3.63) is 42.0 Å². The molecule has 120 valence electrons. The van der Waals surface area contributed by atoms with Crippen LogP contribution in [0.1, 0.15) is 32.8 Å². The van der Waals surface area contributed by atoms with Crippen molar-refractivity contribution in [2.24, 2.45) is 0 Å². The molecule has 5 nitrogen and oxygen atoms in total. The Morgan fingerprint density at radius 1 is 1.32 bits per heavy atom. The Balaban J connectivity index is 2.63. The molecule has 0 heterocycles. The van der Waals surface area contributed by atoms with Crippen LogP contribution in [0.15, 0.2) is 36.4 Å². The molecule has 2 amide bonds. The summed E-state index contributed by atoms with van der Waals surface area (Å²) in [7, 11) is 0. The number of nitrogens with one attached hydrogen (secondary N) is 2. The van der Waals surface area contributed by atoms with Gasteiger partial charge in [-0.3, -0.25) is 9.59 Å². The number of amides is 2. The van der Waals surface area contributed by atoms with Gasteiger partial charge in [0.2, 0.25) is 11.8 Å². The molecular weight excluding hydrogens is 280 g/mol. The highest BCUT2D eigenvalue weighted by Crippen LogP contribution is 2.13. The number of rotatable bonds is 8. The first-order chi connectivity index (χ1) is 10.4. The summed E-state index contributed by atoms with van der Waals surface area (Å²) in [6.45, 7) is 9.91. The zero-order valence-corrected chi connectivity index (χ0v) is 13.4. The van der Waals surface area contributed by atoms with E-state index in [2.05, 4.69) is 17.2 Å². The zero-order valence-electron chi connectivity index (χ0n) is 13.4. The quantitative estimate of drug-likeness (QED) is 0.723.